The van der Waals surface area contributed by atoms with Crippen LogP contribution in [0.3, 0.4) is 0 Å². The van der Waals surface area contributed by atoms with Gasteiger partial charge < -0.3 is 5.73 Å². The van der Waals surface area contributed by atoms with Crippen LogP contribution in [-0.4, -0.2) is 6.18 Å². The lowest BCUT2D eigenvalue weighted by molar-refractivity contribution is -0.136. The van der Waals surface area contributed by atoms with Crippen LogP contribution in [0.5, 0.6) is 0 Å². The first-order chi connectivity index (χ1) is 7.79. The van der Waals surface area contributed by atoms with Crippen molar-refractivity contribution < 1.29 is 13.2 Å². The van der Waals surface area contributed by atoms with Gasteiger partial charge in [-0.1, -0.05) is 38.1 Å². The minimum Gasteiger partial charge on any atom is -0.324 e. The molecule has 1 atom stereocenters. The average molecular weight is 245 g/mol. The van der Waals surface area contributed by atoms with E-state index in [2.05, 4.69) is 0 Å². The van der Waals surface area contributed by atoms with Crippen LogP contribution in [0.2, 0.25) is 0 Å². The Morgan fingerprint density at radius 2 is 1.76 bits per heavy atom. The highest BCUT2D eigenvalue weighted by atomic mass is 19.4. The third-order valence-electron chi connectivity index (χ3n) is 2.74. The third-order valence-corrected chi connectivity index (χ3v) is 2.74. The zero-order valence-corrected chi connectivity index (χ0v) is 10.1. The van der Waals surface area contributed by atoms with Gasteiger partial charge in [0.2, 0.25) is 0 Å². The molecule has 96 valence electrons. The molecule has 0 heterocycles. The monoisotopic (exact) mass is 245 g/mol. The topological polar surface area (TPSA) is 26.0 Å². The molecule has 1 aromatic carbocycles. The van der Waals surface area contributed by atoms with Crippen LogP contribution in [0.4, 0.5) is 13.2 Å². The van der Waals surface area contributed by atoms with Gasteiger partial charge in [-0.05, 0) is 23.5 Å². The summed E-state index contributed by atoms with van der Waals surface area (Å²) in [6.45, 7) is 4.08. The van der Waals surface area contributed by atoms with Crippen LogP contribution in [0.1, 0.15) is 49.8 Å². The van der Waals surface area contributed by atoms with Gasteiger partial charge >= 0.3 is 6.18 Å². The molecule has 0 aromatic heterocycles. The lowest BCUT2D eigenvalue weighted by Gasteiger charge is -2.15. The van der Waals surface area contributed by atoms with E-state index >= 15 is 0 Å². The molecular weight excluding hydrogens is 227 g/mol. The van der Waals surface area contributed by atoms with Crippen molar-refractivity contribution in [1.82, 2.24) is 0 Å². The lowest BCUT2D eigenvalue weighted by atomic mass is 9.96. The maximum atomic E-state index is 12.1. The molecule has 0 aliphatic rings. The molecule has 0 fully saturated rings. The zero-order chi connectivity index (χ0) is 13.1. The van der Waals surface area contributed by atoms with E-state index in [0.29, 0.717) is 5.92 Å². The Balaban J connectivity index is 2.69. The van der Waals surface area contributed by atoms with Crippen LogP contribution in [0.15, 0.2) is 24.3 Å². The summed E-state index contributed by atoms with van der Waals surface area (Å²) < 4.78 is 36.3. The molecule has 2 N–H and O–H groups in total. The van der Waals surface area contributed by atoms with Gasteiger partial charge in [0.05, 0.1) is 0 Å². The molecular formula is C13H18F3N. The van der Waals surface area contributed by atoms with Crippen LogP contribution < -0.4 is 5.73 Å². The van der Waals surface area contributed by atoms with Gasteiger partial charge in [-0.3, -0.25) is 0 Å². The van der Waals surface area contributed by atoms with Crippen molar-refractivity contribution in [2.45, 2.75) is 44.8 Å². The number of hydrogen-bond acceptors (Lipinski definition) is 1. The number of halogens is 3. The Labute approximate surface area is 99.8 Å². The maximum Gasteiger partial charge on any atom is 0.389 e. The molecule has 0 amide bonds. The van der Waals surface area contributed by atoms with Crippen LogP contribution in [0.25, 0.3) is 0 Å². The Morgan fingerprint density at radius 1 is 1.18 bits per heavy atom. The molecule has 1 nitrogen and oxygen atoms in total. The fourth-order valence-electron chi connectivity index (χ4n) is 1.63. The van der Waals surface area contributed by atoms with Gasteiger partial charge in [0.15, 0.2) is 0 Å². The van der Waals surface area contributed by atoms with E-state index in [4.69, 9.17) is 5.73 Å². The summed E-state index contributed by atoms with van der Waals surface area (Å²) in [6.07, 6.45) is -5.03. The molecule has 1 aromatic rings. The van der Waals surface area contributed by atoms with Crippen molar-refractivity contribution in [3.63, 3.8) is 0 Å². The number of nitrogens with two attached hydrogens (primary N) is 1. The van der Waals surface area contributed by atoms with Crippen LogP contribution in [-0.2, 0) is 0 Å². The minimum absolute atomic E-state index is 0.0644. The number of alkyl halides is 3. The van der Waals surface area contributed by atoms with Gasteiger partial charge in [0.25, 0.3) is 0 Å². The summed E-state index contributed by atoms with van der Waals surface area (Å²) in [5.41, 5.74) is 7.65. The molecule has 0 aliphatic carbocycles. The van der Waals surface area contributed by atoms with E-state index in [1.165, 1.54) is 0 Å². The number of benzene rings is 1. The predicted octanol–water partition coefficient (Wildman–Crippen LogP) is 4.15. The first kappa shape index (κ1) is 14.0. The Bertz CT molecular complexity index is 358. The SMILES string of the molecule is CC(C)c1cccc([C@H](N)CCC(F)(F)F)c1. The highest BCUT2D eigenvalue weighted by Crippen LogP contribution is 2.27. The molecule has 0 radical (unpaired) electrons. The fourth-order valence-corrected chi connectivity index (χ4v) is 1.63. The summed E-state index contributed by atoms with van der Waals surface area (Å²) in [5, 5.41) is 0. The predicted molar refractivity (Wildman–Crippen MR) is 62.7 cm³/mol. The molecule has 0 saturated carbocycles. The molecule has 17 heavy (non-hydrogen) atoms. The second-order valence-corrected chi connectivity index (χ2v) is 4.59. The minimum atomic E-state index is -4.13. The largest absolute Gasteiger partial charge is 0.389 e. The van der Waals surface area contributed by atoms with Crippen molar-refractivity contribution in [3.05, 3.63) is 35.4 Å². The second kappa shape index (κ2) is 5.54. The lowest BCUT2D eigenvalue weighted by Crippen LogP contribution is -2.16. The van der Waals surface area contributed by atoms with E-state index in [0.717, 1.165) is 11.1 Å². The van der Waals surface area contributed by atoms with E-state index in [1.807, 2.05) is 32.0 Å². The Kier molecular flexibility index (Phi) is 4.57. The highest BCUT2D eigenvalue weighted by molar-refractivity contribution is 5.27. The van der Waals surface area contributed by atoms with Gasteiger partial charge in [-0.2, -0.15) is 13.2 Å². The van der Waals surface area contributed by atoms with E-state index in [-0.39, 0.29) is 6.42 Å². The normalized spacial score (nSPS) is 14.1. The van der Waals surface area contributed by atoms with E-state index < -0.39 is 18.6 Å². The molecule has 1 rings (SSSR count). The molecule has 0 spiro atoms. The first-order valence-corrected chi connectivity index (χ1v) is 5.72. The van der Waals surface area contributed by atoms with Gasteiger partial charge in [0, 0.05) is 12.5 Å². The second-order valence-electron chi connectivity index (χ2n) is 4.59. The van der Waals surface area contributed by atoms with Crippen LogP contribution >= 0.6 is 0 Å². The van der Waals surface area contributed by atoms with Gasteiger partial charge in [-0.25, -0.2) is 0 Å². The number of rotatable bonds is 4. The van der Waals surface area contributed by atoms with E-state index in [1.54, 1.807) is 6.07 Å². The third kappa shape index (κ3) is 4.77. The highest BCUT2D eigenvalue weighted by Gasteiger charge is 2.27. The molecule has 0 aliphatic heterocycles. The first-order valence-electron chi connectivity index (χ1n) is 5.72. The Morgan fingerprint density at radius 3 is 2.29 bits per heavy atom. The average Bonchev–Trinajstić information content (AvgIpc) is 2.25. The van der Waals surface area contributed by atoms with Crippen molar-refractivity contribution in [3.8, 4) is 0 Å². The number of hydrogen-bond donors (Lipinski definition) is 1. The summed E-state index contributed by atoms with van der Waals surface area (Å²) in [5.74, 6) is 0.352. The smallest absolute Gasteiger partial charge is 0.324 e. The quantitative estimate of drug-likeness (QED) is 0.847. The molecule has 0 bridgehead atoms. The molecule has 0 saturated heterocycles. The Hall–Kier alpha value is -1.03. The maximum absolute atomic E-state index is 12.1. The molecule has 0 unspecified atom stereocenters. The molecule has 4 heteroatoms. The van der Waals surface area contributed by atoms with Crippen molar-refractivity contribution in [1.29, 1.82) is 0 Å². The summed E-state index contributed by atoms with van der Waals surface area (Å²) in [7, 11) is 0. The van der Waals surface area contributed by atoms with Crippen molar-refractivity contribution in [2.75, 3.05) is 0 Å². The van der Waals surface area contributed by atoms with Crippen molar-refractivity contribution >= 4 is 0 Å². The van der Waals surface area contributed by atoms with Crippen molar-refractivity contribution in [2.24, 2.45) is 5.73 Å². The summed E-state index contributed by atoms with van der Waals surface area (Å²) in [4.78, 5) is 0. The summed E-state index contributed by atoms with van der Waals surface area (Å²) in [6, 6.07) is 6.94. The van der Waals surface area contributed by atoms with Gasteiger partial charge in [-0.15, -0.1) is 0 Å². The summed E-state index contributed by atoms with van der Waals surface area (Å²) >= 11 is 0. The van der Waals surface area contributed by atoms with E-state index in [9.17, 15) is 13.2 Å². The standard InChI is InChI=1S/C13H18F3N/c1-9(2)10-4-3-5-11(8-10)12(17)6-7-13(14,15)16/h3-5,8-9,12H,6-7,17H2,1-2H3/t12-/m1/s1. The van der Waals surface area contributed by atoms with Gasteiger partial charge in [0.1, 0.15) is 0 Å². The van der Waals surface area contributed by atoms with Crippen LogP contribution in [0, 0.1) is 0 Å². The fraction of sp³-hybridized carbons (Fsp3) is 0.538. The zero-order valence-electron chi connectivity index (χ0n) is 10.1.